The number of aryl methyl sites for hydroxylation is 1. The van der Waals surface area contributed by atoms with Crippen LogP contribution >= 0.6 is 0 Å². The minimum Gasteiger partial charge on any atom is -0.504 e. The maximum Gasteiger partial charge on any atom is 0.214 e. The van der Waals surface area contributed by atoms with Gasteiger partial charge in [0.05, 0.1) is 0 Å². The topological polar surface area (TPSA) is 83.6 Å². The van der Waals surface area contributed by atoms with Gasteiger partial charge in [-0.2, -0.15) is 0 Å². The molecule has 0 spiro atoms. The molecule has 1 aromatic carbocycles. The van der Waals surface area contributed by atoms with E-state index < -0.39 is 0 Å². The smallest absolute Gasteiger partial charge is 0.214 e. The highest BCUT2D eigenvalue weighted by atomic mass is 16.3. The maximum absolute atomic E-state index is 9.22. The van der Waals surface area contributed by atoms with Crippen molar-refractivity contribution >= 4 is 5.91 Å². The standard InChI is InChI=1S/C8H10O2.C6H14.C2H5NO/c1-2-6-3-4-7(9)8(10)5-6;1-4-5-6(2)3;1-2(3)4/h3-5,9-10H,2H2,1H3;6H,4-5H2,1-3H3;1H3,(H2,3,4). The molecule has 4 heteroatoms. The van der Waals surface area contributed by atoms with Crippen molar-refractivity contribution in [1.82, 2.24) is 0 Å². The number of nitrogens with two attached hydrogens (primary N) is 1. The lowest BCUT2D eigenvalue weighted by Crippen LogP contribution is -2.01. The van der Waals surface area contributed by atoms with E-state index >= 15 is 0 Å². The summed E-state index contributed by atoms with van der Waals surface area (Å²) >= 11 is 0. The fourth-order valence-corrected chi connectivity index (χ4v) is 1.37. The Morgan fingerprint density at radius 2 is 1.70 bits per heavy atom. The van der Waals surface area contributed by atoms with Gasteiger partial charge in [0.25, 0.3) is 0 Å². The molecule has 1 amide bonds. The first-order valence-corrected chi connectivity index (χ1v) is 7.01. The van der Waals surface area contributed by atoms with Crippen molar-refractivity contribution in [3.8, 4) is 11.5 Å². The van der Waals surface area contributed by atoms with E-state index in [-0.39, 0.29) is 17.4 Å². The van der Waals surface area contributed by atoms with Crippen LogP contribution in [0.5, 0.6) is 11.5 Å². The van der Waals surface area contributed by atoms with Gasteiger partial charge in [-0.05, 0) is 30.0 Å². The molecule has 116 valence electrons. The van der Waals surface area contributed by atoms with Crippen molar-refractivity contribution in [1.29, 1.82) is 0 Å². The van der Waals surface area contributed by atoms with E-state index in [4.69, 9.17) is 10.2 Å². The second-order valence-electron chi connectivity index (χ2n) is 4.97. The molecule has 0 heterocycles. The molecule has 4 nitrogen and oxygen atoms in total. The molecule has 0 saturated carbocycles. The van der Waals surface area contributed by atoms with Crippen LogP contribution in [0.15, 0.2) is 18.2 Å². The zero-order valence-electron chi connectivity index (χ0n) is 13.3. The zero-order valence-corrected chi connectivity index (χ0v) is 13.3. The number of carbonyl (C=O) groups excluding carboxylic acids is 1. The molecule has 0 aliphatic rings. The van der Waals surface area contributed by atoms with Crippen LogP contribution in [0, 0.1) is 5.92 Å². The van der Waals surface area contributed by atoms with E-state index in [2.05, 4.69) is 26.5 Å². The second-order valence-corrected chi connectivity index (χ2v) is 4.97. The van der Waals surface area contributed by atoms with Gasteiger partial charge in [-0.25, -0.2) is 0 Å². The third-order valence-corrected chi connectivity index (χ3v) is 2.31. The van der Waals surface area contributed by atoms with E-state index in [0.29, 0.717) is 0 Å². The number of primary amides is 1. The summed E-state index contributed by atoms with van der Waals surface area (Å²) in [5.41, 5.74) is 5.50. The number of amides is 1. The summed E-state index contributed by atoms with van der Waals surface area (Å²) in [5, 5.41) is 17.9. The van der Waals surface area contributed by atoms with Crippen LogP contribution in [0.2, 0.25) is 0 Å². The molecular formula is C16H29NO3. The molecule has 0 bridgehead atoms. The van der Waals surface area contributed by atoms with Gasteiger partial charge in [-0.1, -0.05) is 46.6 Å². The molecule has 0 saturated heterocycles. The lowest BCUT2D eigenvalue weighted by atomic mass is 10.1. The Morgan fingerprint density at radius 3 is 1.95 bits per heavy atom. The van der Waals surface area contributed by atoms with Crippen LogP contribution in [0.1, 0.15) is 53.0 Å². The maximum atomic E-state index is 9.22. The van der Waals surface area contributed by atoms with E-state index in [0.717, 1.165) is 17.9 Å². The second kappa shape index (κ2) is 12.3. The van der Waals surface area contributed by atoms with Gasteiger partial charge in [0.15, 0.2) is 11.5 Å². The summed E-state index contributed by atoms with van der Waals surface area (Å²) in [5.74, 6) is 0.464. The highest BCUT2D eigenvalue weighted by Gasteiger charge is 1.97. The highest BCUT2D eigenvalue weighted by molar-refractivity contribution is 5.70. The van der Waals surface area contributed by atoms with Crippen LogP contribution in [0.25, 0.3) is 0 Å². The van der Waals surface area contributed by atoms with Gasteiger partial charge in [-0.3, -0.25) is 4.79 Å². The number of hydrogen-bond acceptors (Lipinski definition) is 3. The third kappa shape index (κ3) is 14.4. The predicted octanol–water partition coefficient (Wildman–Crippen LogP) is 3.59. The van der Waals surface area contributed by atoms with Gasteiger partial charge in [-0.15, -0.1) is 0 Å². The van der Waals surface area contributed by atoms with Crippen LogP contribution in [0.3, 0.4) is 0 Å². The number of hydrogen-bond donors (Lipinski definition) is 3. The molecule has 0 radical (unpaired) electrons. The van der Waals surface area contributed by atoms with Crippen molar-refractivity contribution in [2.75, 3.05) is 0 Å². The van der Waals surface area contributed by atoms with E-state index in [1.54, 1.807) is 12.1 Å². The van der Waals surface area contributed by atoms with Crippen LogP contribution in [-0.4, -0.2) is 16.1 Å². The summed E-state index contributed by atoms with van der Waals surface area (Å²) in [6, 6.07) is 4.85. The van der Waals surface area contributed by atoms with Gasteiger partial charge in [0.1, 0.15) is 0 Å². The Bertz CT molecular complexity index is 372. The monoisotopic (exact) mass is 283 g/mol. The van der Waals surface area contributed by atoms with Crippen LogP contribution < -0.4 is 5.73 Å². The average Bonchev–Trinajstić information content (AvgIpc) is 2.32. The molecular weight excluding hydrogens is 254 g/mol. The minimum absolute atomic E-state index is 0.0423. The van der Waals surface area contributed by atoms with Crippen LogP contribution in [-0.2, 0) is 11.2 Å². The van der Waals surface area contributed by atoms with Crippen molar-refractivity contribution in [3.05, 3.63) is 23.8 Å². The molecule has 0 atom stereocenters. The zero-order chi connectivity index (χ0) is 16.1. The van der Waals surface area contributed by atoms with Gasteiger partial charge in [0, 0.05) is 6.92 Å². The number of benzene rings is 1. The number of phenolic OH excluding ortho intramolecular Hbond substituents is 2. The normalized spacial score (nSPS) is 9.10. The first-order valence-electron chi connectivity index (χ1n) is 7.01. The summed E-state index contributed by atoms with van der Waals surface area (Å²) < 4.78 is 0. The molecule has 0 aliphatic heterocycles. The minimum atomic E-state index is -0.333. The SMILES string of the molecule is CC(N)=O.CCCC(C)C.CCc1ccc(O)c(O)c1. The van der Waals surface area contributed by atoms with Crippen molar-refractivity contribution < 1.29 is 15.0 Å². The molecule has 1 rings (SSSR count). The molecule has 1 aromatic rings. The molecule has 0 fully saturated rings. The Hall–Kier alpha value is -1.71. The van der Waals surface area contributed by atoms with Crippen molar-refractivity contribution in [3.63, 3.8) is 0 Å². The lowest BCUT2D eigenvalue weighted by Gasteiger charge is -1.98. The largest absolute Gasteiger partial charge is 0.504 e. The van der Waals surface area contributed by atoms with Crippen LogP contribution in [0.4, 0.5) is 0 Å². The van der Waals surface area contributed by atoms with E-state index in [9.17, 15) is 4.79 Å². The first-order chi connectivity index (χ1) is 9.24. The van der Waals surface area contributed by atoms with Gasteiger partial charge in [0.2, 0.25) is 5.91 Å². The summed E-state index contributed by atoms with van der Waals surface area (Å²) in [6.45, 7) is 10.0. The quantitative estimate of drug-likeness (QED) is 0.741. The Kier molecular flexibility index (Phi) is 12.7. The predicted molar refractivity (Wildman–Crippen MR) is 83.8 cm³/mol. The molecule has 0 aromatic heterocycles. The lowest BCUT2D eigenvalue weighted by molar-refractivity contribution is -0.115. The Morgan fingerprint density at radius 1 is 1.20 bits per heavy atom. The van der Waals surface area contributed by atoms with E-state index in [1.165, 1.54) is 25.8 Å². The average molecular weight is 283 g/mol. The third-order valence-electron chi connectivity index (χ3n) is 2.31. The first kappa shape index (κ1) is 20.6. The fraction of sp³-hybridized carbons (Fsp3) is 0.562. The summed E-state index contributed by atoms with van der Waals surface area (Å²) in [7, 11) is 0. The van der Waals surface area contributed by atoms with Gasteiger partial charge < -0.3 is 15.9 Å². The number of rotatable bonds is 3. The molecule has 0 aliphatic carbocycles. The van der Waals surface area contributed by atoms with Crippen molar-refractivity contribution in [2.24, 2.45) is 11.7 Å². The Balaban J connectivity index is 0. The highest BCUT2D eigenvalue weighted by Crippen LogP contribution is 2.24. The Labute approximate surface area is 122 Å². The number of aromatic hydroxyl groups is 2. The number of phenols is 2. The fourth-order valence-electron chi connectivity index (χ4n) is 1.37. The molecule has 4 N–H and O–H groups in total. The van der Waals surface area contributed by atoms with E-state index in [1.807, 2.05) is 6.92 Å². The summed E-state index contributed by atoms with van der Waals surface area (Å²) in [4.78, 5) is 9.22. The van der Waals surface area contributed by atoms with Crippen molar-refractivity contribution in [2.45, 2.75) is 53.9 Å². The molecule has 20 heavy (non-hydrogen) atoms. The number of carbonyl (C=O) groups is 1. The molecule has 0 unspecified atom stereocenters. The summed E-state index contributed by atoms with van der Waals surface area (Å²) in [6.07, 6.45) is 3.57. The van der Waals surface area contributed by atoms with Gasteiger partial charge >= 0.3 is 0 Å².